The van der Waals surface area contributed by atoms with Crippen molar-refractivity contribution in [3.63, 3.8) is 0 Å². The number of likely N-dealkylation sites (tertiary alicyclic amines) is 1. The second kappa shape index (κ2) is 10.5. The van der Waals surface area contributed by atoms with E-state index in [4.69, 9.17) is 14.7 Å². The van der Waals surface area contributed by atoms with Gasteiger partial charge in [0.1, 0.15) is 11.4 Å². The Hall–Kier alpha value is -3.04. The highest BCUT2D eigenvalue weighted by molar-refractivity contribution is 5.68. The predicted molar refractivity (Wildman–Crippen MR) is 126 cm³/mol. The van der Waals surface area contributed by atoms with Crippen molar-refractivity contribution in [3.05, 3.63) is 54.1 Å². The minimum Gasteiger partial charge on any atom is -0.494 e. The van der Waals surface area contributed by atoms with E-state index in [-0.39, 0.29) is 12.1 Å². The Morgan fingerprint density at radius 2 is 1.75 bits per heavy atom. The van der Waals surface area contributed by atoms with Crippen LogP contribution in [0.25, 0.3) is 11.1 Å². The molecule has 1 amide bonds. The van der Waals surface area contributed by atoms with Crippen molar-refractivity contribution in [1.82, 2.24) is 9.80 Å². The normalized spacial score (nSPS) is 16.4. The quantitative estimate of drug-likeness (QED) is 0.577. The zero-order chi connectivity index (χ0) is 23.1. The van der Waals surface area contributed by atoms with Crippen LogP contribution < -0.4 is 4.74 Å². The van der Waals surface area contributed by atoms with Crippen molar-refractivity contribution in [2.75, 3.05) is 33.3 Å². The lowest BCUT2D eigenvalue weighted by Crippen LogP contribution is -2.42. The van der Waals surface area contributed by atoms with Gasteiger partial charge in [-0.2, -0.15) is 5.26 Å². The van der Waals surface area contributed by atoms with Crippen molar-refractivity contribution in [3.8, 4) is 22.9 Å². The van der Waals surface area contributed by atoms with Gasteiger partial charge < -0.3 is 19.3 Å². The lowest BCUT2D eigenvalue weighted by molar-refractivity contribution is 0.0228. The van der Waals surface area contributed by atoms with Gasteiger partial charge in [0.15, 0.2) is 0 Å². The monoisotopic (exact) mass is 435 g/mol. The lowest BCUT2D eigenvalue weighted by atomic mass is 10.0. The average molecular weight is 436 g/mol. The molecule has 1 fully saturated rings. The van der Waals surface area contributed by atoms with Crippen LogP contribution in [0.4, 0.5) is 4.79 Å². The Morgan fingerprint density at radius 1 is 1.12 bits per heavy atom. The van der Waals surface area contributed by atoms with Gasteiger partial charge in [0.25, 0.3) is 0 Å². The molecule has 1 atom stereocenters. The molecule has 0 bridgehead atoms. The summed E-state index contributed by atoms with van der Waals surface area (Å²) in [7, 11) is 1.83. The van der Waals surface area contributed by atoms with Crippen molar-refractivity contribution in [1.29, 1.82) is 5.26 Å². The molecule has 1 aliphatic heterocycles. The molecule has 0 spiro atoms. The molecule has 1 aliphatic rings. The fraction of sp³-hybridized carbons (Fsp3) is 0.462. The van der Waals surface area contributed by atoms with E-state index in [0.717, 1.165) is 49.4 Å². The first kappa shape index (κ1) is 23.6. The first-order chi connectivity index (χ1) is 15.2. The fourth-order valence-electron chi connectivity index (χ4n) is 3.77. The molecule has 0 aliphatic carbocycles. The topological polar surface area (TPSA) is 65.8 Å². The SMILES string of the molecule is CN(C(=O)OC(C)(C)C)[C@@H]1CCN(CCCOc2ccc(-c3ccc(C#N)cc3)cc2)C1. The van der Waals surface area contributed by atoms with Crippen LogP contribution in [0.1, 0.15) is 39.2 Å². The van der Waals surface area contributed by atoms with E-state index in [1.165, 1.54) is 0 Å². The highest BCUT2D eigenvalue weighted by atomic mass is 16.6. The van der Waals surface area contributed by atoms with Gasteiger partial charge in [-0.3, -0.25) is 0 Å². The number of amides is 1. The molecular weight excluding hydrogens is 402 g/mol. The van der Waals surface area contributed by atoms with Crippen LogP contribution in [0.5, 0.6) is 5.75 Å². The number of benzene rings is 2. The maximum absolute atomic E-state index is 12.3. The molecule has 2 aromatic rings. The second-order valence-electron chi connectivity index (χ2n) is 9.25. The minimum atomic E-state index is -0.471. The van der Waals surface area contributed by atoms with Gasteiger partial charge in [-0.25, -0.2) is 4.79 Å². The van der Waals surface area contributed by atoms with Crippen LogP contribution in [0.3, 0.4) is 0 Å². The molecule has 6 heteroatoms. The van der Waals surface area contributed by atoms with E-state index in [0.29, 0.717) is 12.2 Å². The number of hydrogen-bond donors (Lipinski definition) is 0. The number of carbonyl (C=O) groups excluding carboxylic acids is 1. The molecule has 2 aromatic carbocycles. The number of ether oxygens (including phenoxy) is 2. The lowest BCUT2D eigenvalue weighted by Gasteiger charge is -2.28. The summed E-state index contributed by atoms with van der Waals surface area (Å²) in [6.45, 7) is 9.12. The molecule has 0 radical (unpaired) electrons. The Bertz CT molecular complexity index is 927. The number of carbonyl (C=O) groups is 1. The Labute approximate surface area is 191 Å². The number of likely N-dealkylation sites (N-methyl/N-ethyl adjacent to an activating group) is 1. The van der Waals surface area contributed by atoms with Gasteiger partial charge in [0, 0.05) is 32.7 Å². The van der Waals surface area contributed by atoms with Crippen LogP contribution in [-0.4, -0.2) is 60.8 Å². The summed E-state index contributed by atoms with van der Waals surface area (Å²) in [5, 5.41) is 8.91. The molecule has 3 rings (SSSR count). The molecule has 0 unspecified atom stereocenters. The van der Waals surface area contributed by atoms with Crippen LogP contribution >= 0.6 is 0 Å². The van der Waals surface area contributed by atoms with Crippen LogP contribution in [0.2, 0.25) is 0 Å². The van der Waals surface area contributed by atoms with E-state index in [9.17, 15) is 4.79 Å². The summed E-state index contributed by atoms with van der Waals surface area (Å²) in [4.78, 5) is 16.4. The number of rotatable bonds is 7. The van der Waals surface area contributed by atoms with E-state index in [1.807, 2.05) is 76.3 Å². The molecular formula is C26H33N3O3. The second-order valence-corrected chi connectivity index (χ2v) is 9.25. The van der Waals surface area contributed by atoms with Crippen molar-refractivity contribution >= 4 is 6.09 Å². The summed E-state index contributed by atoms with van der Waals surface area (Å²) in [5.74, 6) is 0.853. The van der Waals surface area contributed by atoms with E-state index in [2.05, 4.69) is 11.0 Å². The smallest absolute Gasteiger partial charge is 0.410 e. The van der Waals surface area contributed by atoms with Crippen LogP contribution in [0, 0.1) is 11.3 Å². The zero-order valence-electron chi connectivity index (χ0n) is 19.5. The molecule has 0 N–H and O–H groups in total. The summed E-state index contributed by atoms with van der Waals surface area (Å²) in [6.07, 6.45) is 1.64. The third-order valence-corrected chi connectivity index (χ3v) is 5.57. The van der Waals surface area contributed by atoms with Gasteiger partial charge in [-0.1, -0.05) is 24.3 Å². The predicted octanol–water partition coefficient (Wildman–Crippen LogP) is 4.94. The Balaban J connectivity index is 1.38. The molecule has 0 aromatic heterocycles. The van der Waals surface area contributed by atoms with E-state index < -0.39 is 5.60 Å². The third kappa shape index (κ3) is 6.73. The molecule has 0 saturated carbocycles. The Morgan fingerprint density at radius 3 is 2.34 bits per heavy atom. The molecule has 170 valence electrons. The molecule has 32 heavy (non-hydrogen) atoms. The zero-order valence-corrected chi connectivity index (χ0v) is 19.5. The highest BCUT2D eigenvalue weighted by Crippen LogP contribution is 2.23. The summed E-state index contributed by atoms with van der Waals surface area (Å²) < 4.78 is 11.4. The minimum absolute atomic E-state index is 0.195. The van der Waals surface area contributed by atoms with Crippen LogP contribution in [-0.2, 0) is 4.74 Å². The maximum Gasteiger partial charge on any atom is 0.410 e. The van der Waals surface area contributed by atoms with Crippen molar-refractivity contribution in [2.24, 2.45) is 0 Å². The van der Waals surface area contributed by atoms with Gasteiger partial charge in [-0.05, 0) is 69.0 Å². The first-order valence-corrected chi connectivity index (χ1v) is 11.2. The van der Waals surface area contributed by atoms with E-state index >= 15 is 0 Å². The van der Waals surface area contributed by atoms with Gasteiger partial charge in [0.05, 0.1) is 18.2 Å². The fourth-order valence-corrected chi connectivity index (χ4v) is 3.77. The molecule has 6 nitrogen and oxygen atoms in total. The summed E-state index contributed by atoms with van der Waals surface area (Å²) in [6, 6.07) is 17.9. The third-order valence-electron chi connectivity index (χ3n) is 5.57. The summed E-state index contributed by atoms with van der Waals surface area (Å²) in [5.41, 5.74) is 2.37. The number of hydrogen-bond acceptors (Lipinski definition) is 5. The summed E-state index contributed by atoms with van der Waals surface area (Å²) >= 11 is 0. The van der Waals surface area contributed by atoms with Crippen LogP contribution in [0.15, 0.2) is 48.5 Å². The van der Waals surface area contributed by atoms with Crippen molar-refractivity contribution < 1.29 is 14.3 Å². The Kier molecular flexibility index (Phi) is 7.76. The number of nitriles is 1. The maximum atomic E-state index is 12.3. The molecule has 1 heterocycles. The van der Waals surface area contributed by atoms with Gasteiger partial charge >= 0.3 is 6.09 Å². The van der Waals surface area contributed by atoms with Crippen molar-refractivity contribution in [2.45, 2.75) is 45.3 Å². The highest BCUT2D eigenvalue weighted by Gasteiger charge is 2.30. The average Bonchev–Trinajstić information content (AvgIpc) is 3.24. The van der Waals surface area contributed by atoms with Gasteiger partial charge in [-0.15, -0.1) is 0 Å². The molecule has 1 saturated heterocycles. The standard InChI is InChI=1S/C26H33N3O3/c1-26(2,3)32-25(30)28(4)23-14-16-29(19-23)15-5-17-31-24-12-10-22(11-13-24)21-8-6-20(18-27)7-9-21/h6-13,23H,5,14-17,19H2,1-4H3/t23-/m1/s1. The number of nitrogens with zero attached hydrogens (tertiary/aromatic N) is 3. The van der Waals surface area contributed by atoms with E-state index in [1.54, 1.807) is 4.90 Å². The van der Waals surface area contributed by atoms with Gasteiger partial charge in [0.2, 0.25) is 0 Å². The first-order valence-electron chi connectivity index (χ1n) is 11.2. The largest absolute Gasteiger partial charge is 0.494 e.